The lowest BCUT2D eigenvalue weighted by Gasteiger charge is -2.11. The number of nitrogens with one attached hydrogen (secondary N) is 1. The van der Waals surface area contributed by atoms with Gasteiger partial charge in [0.1, 0.15) is 11.5 Å². The van der Waals surface area contributed by atoms with Gasteiger partial charge in [0.25, 0.3) is 5.91 Å². The van der Waals surface area contributed by atoms with E-state index < -0.39 is 0 Å². The third-order valence-corrected chi connectivity index (χ3v) is 5.47. The van der Waals surface area contributed by atoms with E-state index in [1.807, 2.05) is 43.3 Å². The van der Waals surface area contributed by atoms with Crippen LogP contribution in [0, 0.1) is 6.92 Å². The lowest BCUT2D eigenvalue weighted by molar-refractivity contribution is 0.0956. The number of carbonyl (C=O) groups is 1. The molecule has 5 nitrogen and oxygen atoms in total. The number of amides is 1. The first kappa shape index (κ1) is 20.5. The zero-order valence-corrected chi connectivity index (χ0v) is 17.9. The van der Waals surface area contributed by atoms with Crippen molar-refractivity contribution in [1.82, 2.24) is 10.4 Å². The Morgan fingerprint density at radius 3 is 2.61 bits per heavy atom. The molecular weight excluding hydrogens is 386 g/mol. The average Bonchev–Trinajstić information content (AvgIpc) is 3.22. The van der Waals surface area contributed by atoms with Gasteiger partial charge in [-0.15, -0.1) is 0 Å². The molecule has 1 N–H and O–H groups in total. The summed E-state index contributed by atoms with van der Waals surface area (Å²) in [5.74, 6) is 1.59. The SMILES string of the molecule is CC[C@H](C)c1ccc(-c2cc(C(=O)NN=Cc3ccc(C)o3)c3ccccc3n2)cc1. The van der Waals surface area contributed by atoms with Crippen LogP contribution in [-0.4, -0.2) is 17.1 Å². The molecule has 0 aliphatic carbocycles. The highest BCUT2D eigenvalue weighted by Crippen LogP contribution is 2.27. The van der Waals surface area contributed by atoms with Gasteiger partial charge < -0.3 is 4.42 Å². The molecule has 0 radical (unpaired) electrons. The summed E-state index contributed by atoms with van der Waals surface area (Å²) in [5, 5.41) is 4.82. The first-order valence-corrected chi connectivity index (χ1v) is 10.4. The maximum absolute atomic E-state index is 12.9. The van der Waals surface area contributed by atoms with Crippen molar-refractivity contribution < 1.29 is 9.21 Å². The maximum Gasteiger partial charge on any atom is 0.272 e. The first-order chi connectivity index (χ1) is 15.0. The monoisotopic (exact) mass is 411 g/mol. The first-order valence-electron chi connectivity index (χ1n) is 10.4. The lowest BCUT2D eigenvalue weighted by Crippen LogP contribution is -2.18. The lowest BCUT2D eigenvalue weighted by atomic mass is 9.96. The summed E-state index contributed by atoms with van der Waals surface area (Å²) >= 11 is 0. The van der Waals surface area contributed by atoms with Crippen LogP contribution in [0.4, 0.5) is 0 Å². The minimum atomic E-state index is -0.296. The summed E-state index contributed by atoms with van der Waals surface area (Å²) in [6.45, 7) is 6.26. The van der Waals surface area contributed by atoms with Gasteiger partial charge in [0.15, 0.2) is 0 Å². The number of aromatic nitrogens is 1. The van der Waals surface area contributed by atoms with Crippen LogP contribution in [0.5, 0.6) is 0 Å². The number of hydrogen-bond acceptors (Lipinski definition) is 4. The van der Waals surface area contributed by atoms with Gasteiger partial charge in [-0.25, -0.2) is 10.4 Å². The summed E-state index contributed by atoms with van der Waals surface area (Å²) in [5.41, 5.74) is 6.92. The second kappa shape index (κ2) is 8.96. The smallest absolute Gasteiger partial charge is 0.272 e. The van der Waals surface area contributed by atoms with E-state index >= 15 is 0 Å². The Labute approximate surface area is 181 Å². The van der Waals surface area contributed by atoms with Crippen LogP contribution in [0.15, 0.2) is 76.2 Å². The Balaban J connectivity index is 1.66. The van der Waals surface area contributed by atoms with Gasteiger partial charge >= 0.3 is 0 Å². The minimum absolute atomic E-state index is 0.296. The van der Waals surface area contributed by atoms with Crippen molar-refractivity contribution in [1.29, 1.82) is 0 Å². The van der Waals surface area contributed by atoms with Crippen LogP contribution < -0.4 is 5.43 Å². The van der Waals surface area contributed by atoms with Crippen LogP contribution in [0.2, 0.25) is 0 Å². The van der Waals surface area contributed by atoms with E-state index in [1.54, 1.807) is 6.07 Å². The van der Waals surface area contributed by atoms with Gasteiger partial charge in [-0.05, 0) is 49.1 Å². The fourth-order valence-corrected chi connectivity index (χ4v) is 3.47. The number of nitrogens with zero attached hydrogens (tertiary/aromatic N) is 2. The zero-order valence-electron chi connectivity index (χ0n) is 17.9. The normalized spacial score (nSPS) is 12.4. The molecule has 31 heavy (non-hydrogen) atoms. The van der Waals surface area contributed by atoms with Crippen LogP contribution >= 0.6 is 0 Å². The van der Waals surface area contributed by atoms with Crippen LogP contribution in [0.3, 0.4) is 0 Å². The fourth-order valence-electron chi connectivity index (χ4n) is 3.47. The molecule has 156 valence electrons. The van der Waals surface area contributed by atoms with Crippen molar-refractivity contribution in [3.63, 3.8) is 0 Å². The Hall–Kier alpha value is -3.73. The van der Waals surface area contributed by atoms with Gasteiger partial charge in [0.05, 0.1) is 23.0 Å². The van der Waals surface area contributed by atoms with Gasteiger partial charge in [-0.3, -0.25) is 4.79 Å². The second-order valence-electron chi connectivity index (χ2n) is 7.65. The summed E-state index contributed by atoms with van der Waals surface area (Å²) < 4.78 is 5.44. The number of carbonyl (C=O) groups excluding carboxylic acids is 1. The number of hydrazone groups is 1. The Morgan fingerprint density at radius 1 is 1.13 bits per heavy atom. The molecule has 0 aliphatic heterocycles. The number of aryl methyl sites for hydroxylation is 1. The standard InChI is InChI=1S/C26H25N3O2/c1-4-17(2)19-10-12-20(13-11-19)25-15-23(22-7-5-6-8-24(22)28-25)26(30)29-27-16-21-14-9-18(3)31-21/h5-17H,4H2,1-3H3,(H,29,30)/t17-/m0/s1. The number of benzene rings is 2. The van der Waals surface area contributed by atoms with Crippen molar-refractivity contribution in [2.45, 2.75) is 33.1 Å². The Bertz CT molecular complexity index is 1240. The number of para-hydroxylation sites is 1. The van der Waals surface area contributed by atoms with Gasteiger partial charge in [0, 0.05) is 10.9 Å². The molecule has 2 heterocycles. The molecule has 1 atom stereocenters. The molecule has 2 aromatic heterocycles. The molecule has 0 saturated carbocycles. The predicted octanol–water partition coefficient (Wildman–Crippen LogP) is 6.08. The largest absolute Gasteiger partial charge is 0.460 e. The maximum atomic E-state index is 12.9. The van der Waals surface area contributed by atoms with E-state index in [4.69, 9.17) is 9.40 Å². The van der Waals surface area contributed by atoms with E-state index in [9.17, 15) is 4.79 Å². The van der Waals surface area contributed by atoms with E-state index in [-0.39, 0.29) is 5.91 Å². The molecule has 4 rings (SSSR count). The molecule has 5 heteroatoms. The average molecular weight is 412 g/mol. The van der Waals surface area contributed by atoms with Crippen LogP contribution in [-0.2, 0) is 0 Å². The number of furan rings is 1. The van der Waals surface area contributed by atoms with E-state index in [0.717, 1.165) is 34.3 Å². The molecule has 4 aromatic rings. The van der Waals surface area contributed by atoms with Crippen molar-refractivity contribution in [2.24, 2.45) is 5.10 Å². The minimum Gasteiger partial charge on any atom is -0.460 e. The van der Waals surface area contributed by atoms with Crippen molar-refractivity contribution in [3.8, 4) is 11.3 Å². The Kier molecular flexibility index (Phi) is 5.94. The number of pyridine rings is 1. The molecule has 0 bridgehead atoms. The van der Waals surface area contributed by atoms with Crippen molar-refractivity contribution in [3.05, 3.63) is 89.4 Å². The fraction of sp³-hybridized carbons (Fsp3) is 0.192. The molecule has 0 aliphatic rings. The number of rotatable bonds is 6. The number of fused-ring (bicyclic) bond motifs is 1. The number of hydrogen-bond donors (Lipinski definition) is 1. The third-order valence-electron chi connectivity index (χ3n) is 5.47. The van der Waals surface area contributed by atoms with E-state index in [0.29, 0.717) is 17.2 Å². The topological polar surface area (TPSA) is 67.5 Å². The molecular formula is C26H25N3O2. The highest BCUT2D eigenvalue weighted by atomic mass is 16.3. The summed E-state index contributed by atoms with van der Waals surface area (Å²) in [6.07, 6.45) is 2.58. The summed E-state index contributed by atoms with van der Waals surface area (Å²) in [4.78, 5) is 17.7. The van der Waals surface area contributed by atoms with Crippen molar-refractivity contribution in [2.75, 3.05) is 0 Å². The van der Waals surface area contributed by atoms with Gasteiger partial charge in [-0.2, -0.15) is 5.10 Å². The predicted molar refractivity (Wildman–Crippen MR) is 124 cm³/mol. The molecule has 1 amide bonds. The van der Waals surface area contributed by atoms with E-state index in [1.165, 1.54) is 11.8 Å². The molecule has 0 fully saturated rings. The van der Waals surface area contributed by atoms with Gasteiger partial charge in [-0.1, -0.05) is 56.3 Å². The highest BCUT2D eigenvalue weighted by Gasteiger charge is 2.14. The second-order valence-corrected chi connectivity index (χ2v) is 7.65. The van der Waals surface area contributed by atoms with Gasteiger partial charge in [0.2, 0.25) is 0 Å². The quantitative estimate of drug-likeness (QED) is 0.309. The molecule has 0 saturated heterocycles. The Morgan fingerprint density at radius 2 is 1.90 bits per heavy atom. The molecule has 2 aromatic carbocycles. The third kappa shape index (κ3) is 4.56. The van der Waals surface area contributed by atoms with Crippen molar-refractivity contribution >= 4 is 23.0 Å². The molecule has 0 unspecified atom stereocenters. The van der Waals surface area contributed by atoms with E-state index in [2.05, 4.69) is 48.6 Å². The summed E-state index contributed by atoms with van der Waals surface area (Å²) in [7, 11) is 0. The van der Waals surface area contributed by atoms with Crippen LogP contribution in [0.25, 0.3) is 22.2 Å². The zero-order chi connectivity index (χ0) is 21.8. The highest BCUT2D eigenvalue weighted by molar-refractivity contribution is 6.07. The summed E-state index contributed by atoms with van der Waals surface area (Å²) in [6, 6.07) is 21.5. The molecule has 0 spiro atoms. The van der Waals surface area contributed by atoms with Crippen LogP contribution in [0.1, 0.15) is 53.6 Å².